The summed E-state index contributed by atoms with van der Waals surface area (Å²) in [6.45, 7) is 0. The van der Waals surface area contributed by atoms with Gasteiger partial charge < -0.3 is 0 Å². The third kappa shape index (κ3) is 6.61. The van der Waals surface area contributed by atoms with Crippen LogP contribution in [0.4, 0.5) is 0 Å². The topological polar surface area (TPSA) is 51.6 Å². The Labute approximate surface area is 325 Å². The van der Waals surface area contributed by atoms with Gasteiger partial charge in [-0.1, -0.05) is 182 Å². The molecule has 0 saturated carbocycles. The monoisotopic (exact) mass is 714 g/mol. The van der Waals surface area contributed by atoms with Gasteiger partial charge in [0.05, 0.1) is 22.8 Å². The highest BCUT2D eigenvalue weighted by atomic mass is 14.9. The Morgan fingerprint density at radius 3 is 0.857 bits per heavy atom. The van der Waals surface area contributed by atoms with Crippen molar-refractivity contribution in [1.82, 2.24) is 19.9 Å². The van der Waals surface area contributed by atoms with Gasteiger partial charge in [0, 0.05) is 33.4 Å². The summed E-state index contributed by atoms with van der Waals surface area (Å²) >= 11 is 0. The van der Waals surface area contributed by atoms with E-state index in [4.69, 9.17) is 19.9 Å². The fourth-order valence-corrected chi connectivity index (χ4v) is 7.29. The maximum Gasteiger partial charge on any atom is 0.160 e. The number of hydrogen-bond donors (Lipinski definition) is 0. The van der Waals surface area contributed by atoms with Crippen LogP contribution < -0.4 is 0 Å². The second kappa shape index (κ2) is 14.3. The lowest BCUT2D eigenvalue weighted by molar-refractivity contribution is 1.18. The van der Waals surface area contributed by atoms with Gasteiger partial charge in [0.25, 0.3) is 0 Å². The molecule has 0 radical (unpaired) electrons. The molecule has 10 rings (SSSR count). The Kier molecular flexibility index (Phi) is 8.47. The normalized spacial score (nSPS) is 11.2. The van der Waals surface area contributed by atoms with Crippen LogP contribution in [0.3, 0.4) is 0 Å². The summed E-state index contributed by atoms with van der Waals surface area (Å²) < 4.78 is 0. The lowest BCUT2D eigenvalue weighted by atomic mass is 9.99. The Morgan fingerprint density at radius 2 is 0.482 bits per heavy atom. The van der Waals surface area contributed by atoms with E-state index in [0.717, 1.165) is 78.1 Å². The molecule has 0 amide bonds. The number of nitrogens with zero attached hydrogens (tertiary/aromatic N) is 4. The Hall–Kier alpha value is -7.56. The molecule has 0 saturated heterocycles. The van der Waals surface area contributed by atoms with Crippen molar-refractivity contribution in [2.75, 3.05) is 0 Å². The van der Waals surface area contributed by atoms with Crippen molar-refractivity contribution in [1.29, 1.82) is 0 Å². The van der Waals surface area contributed by atoms with Crippen molar-refractivity contribution in [2.45, 2.75) is 0 Å². The molecular weight excluding hydrogens is 681 g/mol. The van der Waals surface area contributed by atoms with E-state index in [0.29, 0.717) is 11.6 Å². The van der Waals surface area contributed by atoms with E-state index in [1.807, 2.05) is 36.4 Å². The van der Waals surface area contributed by atoms with Gasteiger partial charge in [0.15, 0.2) is 11.6 Å². The summed E-state index contributed by atoms with van der Waals surface area (Å²) in [6.07, 6.45) is 0. The Morgan fingerprint density at radius 1 is 0.196 bits per heavy atom. The molecule has 0 unspecified atom stereocenters. The maximum absolute atomic E-state index is 5.10. The number of rotatable bonds is 7. The van der Waals surface area contributed by atoms with Crippen molar-refractivity contribution >= 4 is 21.5 Å². The molecule has 0 N–H and O–H groups in total. The van der Waals surface area contributed by atoms with Gasteiger partial charge in [-0.15, -0.1) is 0 Å². The van der Waals surface area contributed by atoms with Crippen molar-refractivity contribution < 1.29 is 0 Å². The second-order valence-electron chi connectivity index (χ2n) is 13.9. The van der Waals surface area contributed by atoms with Gasteiger partial charge in [-0.05, 0) is 56.9 Å². The van der Waals surface area contributed by atoms with Crippen molar-refractivity contribution in [3.05, 3.63) is 206 Å². The van der Waals surface area contributed by atoms with Crippen LogP contribution in [0.5, 0.6) is 0 Å². The van der Waals surface area contributed by atoms with Crippen LogP contribution in [0.15, 0.2) is 206 Å². The van der Waals surface area contributed by atoms with E-state index < -0.39 is 0 Å². The van der Waals surface area contributed by atoms with Crippen LogP contribution in [0.2, 0.25) is 0 Å². The SMILES string of the molecule is c1ccc(-c2cc(-c3ccc(-c4ccc(-c5cc(-c6ccccc6)nc(-c6ccc7ccccc7c6)n5)cc4)cc3)nc(-c3ccc4ccccc4c3)n2)cc1. The maximum atomic E-state index is 5.10. The summed E-state index contributed by atoms with van der Waals surface area (Å²) in [5, 5.41) is 4.72. The van der Waals surface area contributed by atoms with Crippen LogP contribution in [0, 0.1) is 0 Å². The van der Waals surface area contributed by atoms with E-state index in [2.05, 4.69) is 170 Å². The lowest BCUT2D eigenvalue weighted by Crippen LogP contribution is -1.96. The summed E-state index contributed by atoms with van der Waals surface area (Å²) in [5.74, 6) is 1.41. The molecule has 0 aliphatic heterocycles. The number of aromatic nitrogens is 4. The minimum Gasteiger partial charge on any atom is -0.228 e. The van der Waals surface area contributed by atoms with Gasteiger partial charge in [-0.25, -0.2) is 19.9 Å². The predicted molar refractivity (Wildman–Crippen MR) is 231 cm³/mol. The fraction of sp³-hybridized carbons (Fsp3) is 0. The van der Waals surface area contributed by atoms with E-state index in [9.17, 15) is 0 Å². The third-order valence-corrected chi connectivity index (χ3v) is 10.3. The van der Waals surface area contributed by atoms with Crippen LogP contribution in [0.25, 0.3) is 100 Å². The quantitative estimate of drug-likeness (QED) is 0.165. The zero-order valence-corrected chi connectivity index (χ0v) is 30.4. The molecule has 2 aromatic heterocycles. The van der Waals surface area contributed by atoms with E-state index in [1.54, 1.807) is 0 Å². The summed E-state index contributed by atoms with van der Waals surface area (Å²) in [4.78, 5) is 20.3. The molecule has 0 bridgehead atoms. The van der Waals surface area contributed by atoms with Gasteiger partial charge in [-0.2, -0.15) is 0 Å². The van der Waals surface area contributed by atoms with E-state index in [-0.39, 0.29) is 0 Å². The minimum atomic E-state index is 0.704. The first kappa shape index (κ1) is 33.0. The average molecular weight is 715 g/mol. The summed E-state index contributed by atoms with van der Waals surface area (Å²) in [5.41, 5.74) is 11.9. The second-order valence-corrected chi connectivity index (χ2v) is 13.9. The van der Waals surface area contributed by atoms with Crippen LogP contribution in [0.1, 0.15) is 0 Å². The van der Waals surface area contributed by atoms with E-state index >= 15 is 0 Å². The fourth-order valence-electron chi connectivity index (χ4n) is 7.29. The third-order valence-electron chi connectivity index (χ3n) is 10.3. The van der Waals surface area contributed by atoms with Crippen molar-refractivity contribution in [3.63, 3.8) is 0 Å². The average Bonchev–Trinajstić information content (AvgIpc) is 3.29. The first-order chi connectivity index (χ1) is 27.7. The molecule has 0 fully saturated rings. The standard InChI is InChI=1S/C52H34N4/c1-3-13-39(14-4-1)47-33-49(55-51(53-47)45-29-23-35-11-7-9-17-43(35)31-45)41-25-19-37(20-26-41)38-21-27-42(28-22-38)50-34-48(40-15-5-2-6-16-40)54-52(56-50)46-30-24-36-12-8-10-18-44(36)32-46/h1-34H. The highest BCUT2D eigenvalue weighted by Crippen LogP contribution is 2.33. The highest BCUT2D eigenvalue weighted by molar-refractivity contribution is 5.88. The first-order valence-electron chi connectivity index (χ1n) is 18.8. The largest absolute Gasteiger partial charge is 0.228 e. The summed E-state index contributed by atoms with van der Waals surface area (Å²) in [7, 11) is 0. The predicted octanol–water partition coefficient (Wildman–Crippen LogP) is 13.2. The van der Waals surface area contributed by atoms with Gasteiger partial charge >= 0.3 is 0 Å². The number of fused-ring (bicyclic) bond motifs is 2. The van der Waals surface area contributed by atoms with Crippen LogP contribution >= 0.6 is 0 Å². The lowest BCUT2D eigenvalue weighted by Gasteiger charge is -2.11. The van der Waals surface area contributed by atoms with Gasteiger partial charge in [-0.3, -0.25) is 0 Å². The molecule has 8 aromatic carbocycles. The molecule has 10 aromatic rings. The zero-order chi connectivity index (χ0) is 37.3. The minimum absolute atomic E-state index is 0.704. The molecule has 0 aliphatic rings. The molecule has 262 valence electrons. The molecule has 4 heteroatoms. The Bertz CT molecular complexity index is 2790. The molecule has 0 atom stereocenters. The van der Waals surface area contributed by atoms with E-state index in [1.165, 1.54) is 10.8 Å². The molecule has 56 heavy (non-hydrogen) atoms. The molecular formula is C52H34N4. The van der Waals surface area contributed by atoms with Crippen molar-refractivity contribution in [2.24, 2.45) is 0 Å². The van der Waals surface area contributed by atoms with Gasteiger partial charge in [0.2, 0.25) is 0 Å². The van der Waals surface area contributed by atoms with Gasteiger partial charge in [0.1, 0.15) is 0 Å². The first-order valence-corrected chi connectivity index (χ1v) is 18.8. The smallest absolute Gasteiger partial charge is 0.160 e. The van der Waals surface area contributed by atoms with Crippen LogP contribution in [-0.4, -0.2) is 19.9 Å². The highest BCUT2D eigenvalue weighted by Gasteiger charge is 2.14. The Balaban J connectivity index is 0.980. The van der Waals surface area contributed by atoms with Crippen molar-refractivity contribution in [3.8, 4) is 78.9 Å². The molecule has 4 nitrogen and oxygen atoms in total. The molecule has 0 aliphatic carbocycles. The number of benzene rings is 8. The summed E-state index contributed by atoms with van der Waals surface area (Å²) in [6, 6.07) is 71.7. The zero-order valence-electron chi connectivity index (χ0n) is 30.4. The molecule has 2 heterocycles. The van der Waals surface area contributed by atoms with Crippen LogP contribution in [-0.2, 0) is 0 Å². The number of hydrogen-bond acceptors (Lipinski definition) is 4. The molecule has 0 spiro atoms.